The summed E-state index contributed by atoms with van der Waals surface area (Å²) in [6.07, 6.45) is 3.74. The zero-order valence-corrected chi connectivity index (χ0v) is 17.2. The second-order valence-electron chi connectivity index (χ2n) is 6.34. The van der Waals surface area contributed by atoms with Gasteiger partial charge in [-0.15, -0.1) is 0 Å². The number of rotatable bonds is 7. The second kappa shape index (κ2) is 9.31. The van der Waals surface area contributed by atoms with Crippen molar-refractivity contribution in [2.45, 2.75) is 0 Å². The highest BCUT2D eigenvalue weighted by Gasteiger charge is 2.21. The molecule has 0 radical (unpaired) electrons. The lowest BCUT2D eigenvalue weighted by Gasteiger charge is -2.19. The van der Waals surface area contributed by atoms with Crippen molar-refractivity contribution in [3.8, 4) is 34.1 Å². The van der Waals surface area contributed by atoms with Crippen LogP contribution in [0.3, 0.4) is 0 Å². The number of halogens is 2. The fourth-order valence-electron chi connectivity index (χ4n) is 3.16. The highest BCUT2D eigenvalue weighted by atomic mass is 19.2. The Hall–Kier alpha value is -3.54. The van der Waals surface area contributed by atoms with Crippen LogP contribution in [0.4, 0.5) is 8.78 Å². The summed E-state index contributed by atoms with van der Waals surface area (Å²) in [5, 5.41) is 0. The monoisotopic (exact) mass is 412 g/mol. The summed E-state index contributed by atoms with van der Waals surface area (Å²) in [7, 11) is 6.10. The highest BCUT2D eigenvalue weighted by molar-refractivity contribution is 5.88. The van der Waals surface area contributed by atoms with Crippen molar-refractivity contribution in [3.05, 3.63) is 71.3 Å². The fourth-order valence-corrected chi connectivity index (χ4v) is 3.16. The SMILES string of the molecule is COc1ccc(/C=C/c2cc(OC)c(OC)c(OC)c2-c2ccc(F)c(F)c2)cc1. The largest absolute Gasteiger partial charge is 0.497 e. The molecular formula is C24H22F2O4. The van der Waals surface area contributed by atoms with Gasteiger partial charge in [-0.2, -0.15) is 0 Å². The van der Waals surface area contributed by atoms with Crippen molar-refractivity contribution in [2.75, 3.05) is 28.4 Å². The Labute approximate surface area is 174 Å². The van der Waals surface area contributed by atoms with Crippen LogP contribution >= 0.6 is 0 Å². The van der Waals surface area contributed by atoms with Gasteiger partial charge in [0.15, 0.2) is 23.1 Å². The molecule has 0 aliphatic carbocycles. The molecule has 0 N–H and O–H groups in total. The molecule has 0 aromatic heterocycles. The van der Waals surface area contributed by atoms with Gasteiger partial charge in [-0.1, -0.05) is 30.4 Å². The summed E-state index contributed by atoms with van der Waals surface area (Å²) < 4.78 is 49.2. The smallest absolute Gasteiger partial charge is 0.203 e. The predicted molar refractivity (Wildman–Crippen MR) is 113 cm³/mol. The average molecular weight is 412 g/mol. The van der Waals surface area contributed by atoms with Gasteiger partial charge in [-0.05, 0) is 47.0 Å². The number of benzene rings is 3. The topological polar surface area (TPSA) is 36.9 Å². The first-order chi connectivity index (χ1) is 14.5. The fraction of sp³-hybridized carbons (Fsp3) is 0.167. The molecule has 0 unspecified atom stereocenters. The first kappa shape index (κ1) is 21.2. The van der Waals surface area contributed by atoms with E-state index in [1.807, 2.05) is 36.4 Å². The number of hydrogen-bond donors (Lipinski definition) is 0. The van der Waals surface area contributed by atoms with Crippen molar-refractivity contribution < 1.29 is 27.7 Å². The molecule has 0 fully saturated rings. The molecule has 3 aromatic rings. The molecule has 0 amide bonds. The van der Waals surface area contributed by atoms with Crippen molar-refractivity contribution >= 4 is 12.2 Å². The van der Waals surface area contributed by atoms with Gasteiger partial charge in [0.2, 0.25) is 5.75 Å². The van der Waals surface area contributed by atoms with E-state index in [4.69, 9.17) is 18.9 Å². The van der Waals surface area contributed by atoms with Crippen LogP contribution < -0.4 is 18.9 Å². The van der Waals surface area contributed by atoms with Crippen LogP contribution in [0.2, 0.25) is 0 Å². The summed E-state index contributed by atoms with van der Waals surface area (Å²) in [6, 6.07) is 13.0. The lowest BCUT2D eigenvalue weighted by atomic mass is 9.96. The first-order valence-electron chi connectivity index (χ1n) is 9.12. The van der Waals surface area contributed by atoms with Crippen LogP contribution in [-0.4, -0.2) is 28.4 Å². The van der Waals surface area contributed by atoms with E-state index >= 15 is 0 Å². The molecule has 0 bridgehead atoms. The van der Waals surface area contributed by atoms with Crippen LogP contribution in [0, 0.1) is 11.6 Å². The Balaban J connectivity index is 2.20. The van der Waals surface area contributed by atoms with Gasteiger partial charge >= 0.3 is 0 Å². The normalized spacial score (nSPS) is 10.9. The molecule has 0 aliphatic heterocycles. The van der Waals surface area contributed by atoms with Gasteiger partial charge in [-0.3, -0.25) is 0 Å². The predicted octanol–water partition coefficient (Wildman–Crippen LogP) is 5.84. The van der Waals surface area contributed by atoms with E-state index in [2.05, 4.69) is 0 Å². The van der Waals surface area contributed by atoms with Crippen molar-refractivity contribution in [1.82, 2.24) is 0 Å². The standard InChI is InChI=1S/C24H22F2O4/c1-27-18-10-6-15(7-11-18)5-8-17-14-21(28-2)23(29-3)24(30-4)22(17)16-9-12-19(25)20(26)13-16/h5-14H,1-4H3/b8-5+. The number of ether oxygens (including phenoxy) is 4. The van der Waals surface area contributed by atoms with E-state index in [1.165, 1.54) is 27.4 Å². The molecule has 3 rings (SSSR count). The van der Waals surface area contributed by atoms with Crippen molar-refractivity contribution in [2.24, 2.45) is 0 Å². The summed E-state index contributed by atoms with van der Waals surface area (Å²) >= 11 is 0. The van der Waals surface area contributed by atoms with Crippen LogP contribution in [0.1, 0.15) is 11.1 Å². The van der Waals surface area contributed by atoms with Crippen LogP contribution in [0.5, 0.6) is 23.0 Å². The third-order valence-corrected chi connectivity index (χ3v) is 4.64. The van der Waals surface area contributed by atoms with Crippen LogP contribution in [0.15, 0.2) is 48.5 Å². The molecule has 6 heteroatoms. The first-order valence-corrected chi connectivity index (χ1v) is 9.12. The number of hydrogen-bond acceptors (Lipinski definition) is 4. The Morgan fingerprint density at radius 3 is 1.93 bits per heavy atom. The molecule has 4 nitrogen and oxygen atoms in total. The summed E-state index contributed by atoms with van der Waals surface area (Å²) in [5.74, 6) is 0.0546. The van der Waals surface area contributed by atoms with Gasteiger partial charge < -0.3 is 18.9 Å². The second-order valence-corrected chi connectivity index (χ2v) is 6.34. The zero-order chi connectivity index (χ0) is 21.7. The third-order valence-electron chi connectivity index (χ3n) is 4.64. The Bertz CT molecular complexity index is 1060. The molecule has 0 heterocycles. The molecule has 30 heavy (non-hydrogen) atoms. The quantitative estimate of drug-likeness (QED) is 0.457. The molecule has 3 aromatic carbocycles. The minimum atomic E-state index is -0.950. The van der Waals surface area contributed by atoms with Gasteiger partial charge in [0.25, 0.3) is 0 Å². The maximum atomic E-state index is 14.0. The van der Waals surface area contributed by atoms with Crippen LogP contribution in [0.25, 0.3) is 23.3 Å². The minimum Gasteiger partial charge on any atom is -0.497 e. The number of methoxy groups -OCH3 is 4. The van der Waals surface area contributed by atoms with E-state index in [1.54, 1.807) is 13.2 Å². The van der Waals surface area contributed by atoms with E-state index in [0.29, 0.717) is 33.9 Å². The van der Waals surface area contributed by atoms with E-state index < -0.39 is 11.6 Å². The molecule has 0 spiro atoms. The average Bonchev–Trinajstić information content (AvgIpc) is 2.78. The van der Waals surface area contributed by atoms with Crippen molar-refractivity contribution in [3.63, 3.8) is 0 Å². The summed E-state index contributed by atoms with van der Waals surface area (Å²) in [6.45, 7) is 0. The molecule has 0 aliphatic rings. The molecular weight excluding hydrogens is 390 g/mol. The molecule has 0 saturated carbocycles. The van der Waals surface area contributed by atoms with Gasteiger partial charge in [0.05, 0.1) is 28.4 Å². The third kappa shape index (κ3) is 4.22. The summed E-state index contributed by atoms with van der Waals surface area (Å²) in [5.41, 5.74) is 2.62. The van der Waals surface area contributed by atoms with Crippen molar-refractivity contribution in [1.29, 1.82) is 0 Å². The van der Waals surface area contributed by atoms with E-state index in [-0.39, 0.29) is 0 Å². The Morgan fingerprint density at radius 2 is 1.37 bits per heavy atom. The molecule has 0 atom stereocenters. The molecule has 0 saturated heterocycles. The van der Waals surface area contributed by atoms with Gasteiger partial charge in [0, 0.05) is 5.56 Å². The van der Waals surface area contributed by atoms with Gasteiger partial charge in [-0.25, -0.2) is 8.78 Å². The van der Waals surface area contributed by atoms with Gasteiger partial charge in [0.1, 0.15) is 5.75 Å². The molecule has 156 valence electrons. The Morgan fingerprint density at radius 1 is 0.667 bits per heavy atom. The van der Waals surface area contributed by atoms with E-state index in [0.717, 1.165) is 23.4 Å². The van der Waals surface area contributed by atoms with Crippen LogP contribution in [-0.2, 0) is 0 Å². The Kier molecular flexibility index (Phi) is 6.57. The lowest BCUT2D eigenvalue weighted by molar-refractivity contribution is 0.325. The minimum absolute atomic E-state index is 0.359. The van der Waals surface area contributed by atoms with E-state index in [9.17, 15) is 8.78 Å². The zero-order valence-electron chi connectivity index (χ0n) is 17.2. The highest BCUT2D eigenvalue weighted by Crippen LogP contribution is 2.47. The summed E-state index contributed by atoms with van der Waals surface area (Å²) in [4.78, 5) is 0. The lowest BCUT2D eigenvalue weighted by Crippen LogP contribution is -1.99. The maximum Gasteiger partial charge on any atom is 0.203 e. The maximum absolute atomic E-state index is 14.0.